The quantitative estimate of drug-likeness (QED) is 0.693. The molecule has 0 aliphatic carbocycles. The molecule has 0 atom stereocenters. The lowest BCUT2D eigenvalue weighted by Gasteiger charge is -2.05. The van der Waals surface area contributed by atoms with Crippen LogP contribution in [0.3, 0.4) is 0 Å². The Labute approximate surface area is 120 Å². The van der Waals surface area contributed by atoms with Gasteiger partial charge in [-0.2, -0.15) is 0 Å². The summed E-state index contributed by atoms with van der Waals surface area (Å²) in [6.07, 6.45) is 1.57. The van der Waals surface area contributed by atoms with Gasteiger partial charge < -0.3 is 10.5 Å². The minimum atomic E-state index is -0.679. The molecule has 2 rings (SSSR count). The number of nitrogens with zero attached hydrogens (tertiary/aromatic N) is 1. The van der Waals surface area contributed by atoms with Crippen LogP contribution >= 0.6 is 11.8 Å². The van der Waals surface area contributed by atoms with Crippen LogP contribution in [0.25, 0.3) is 0 Å². The molecule has 0 aliphatic rings. The third kappa shape index (κ3) is 3.48. The first-order valence-electron chi connectivity index (χ1n) is 5.81. The van der Waals surface area contributed by atoms with Gasteiger partial charge in [-0.25, -0.2) is 14.2 Å². The Morgan fingerprint density at radius 2 is 2.20 bits per heavy atom. The zero-order valence-corrected chi connectivity index (χ0v) is 11.6. The number of methoxy groups -OCH3 is 1. The van der Waals surface area contributed by atoms with E-state index in [4.69, 9.17) is 5.73 Å². The van der Waals surface area contributed by atoms with Gasteiger partial charge in [-0.3, -0.25) is 0 Å². The van der Waals surface area contributed by atoms with Crippen molar-refractivity contribution in [1.82, 2.24) is 4.98 Å². The van der Waals surface area contributed by atoms with Crippen LogP contribution in [0.5, 0.6) is 0 Å². The summed E-state index contributed by atoms with van der Waals surface area (Å²) in [5.41, 5.74) is 6.85. The minimum absolute atomic E-state index is 0.0631. The number of carbonyl (C=O) groups excluding carboxylic acids is 1. The fourth-order valence-corrected chi connectivity index (χ4v) is 2.34. The monoisotopic (exact) mass is 292 g/mol. The Bertz CT molecular complexity index is 617. The summed E-state index contributed by atoms with van der Waals surface area (Å²) in [7, 11) is 1.22. The topological polar surface area (TPSA) is 65.2 Å². The zero-order chi connectivity index (χ0) is 14.5. The third-order valence-corrected chi connectivity index (χ3v) is 3.60. The van der Waals surface area contributed by atoms with Crippen molar-refractivity contribution in [1.29, 1.82) is 0 Å². The maximum atomic E-state index is 13.7. The molecule has 20 heavy (non-hydrogen) atoms. The maximum absolute atomic E-state index is 13.7. The van der Waals surface area contributed by atoms with Crippen LogP contribution in [0.15, 0.2) is 41.6 Å². The van der Waals surface area contributed by atoms with Crippen molar-refractivity contribution >= 4 is 23.4 Å². The molecule has 2 aromatic rings. The highest BCUT2D eigenvalue weighted by molar-refractivity contribution is 7.98. The van der Waals surface area contributed by atoms with Crippen molar-refractivity contribution in [3.05, 3.63) is 53.5 Å². The third-order valence-electron chi connectivity index (χ3n) is 2.58. The molecule has 0 unspecified atom stereocenters. The van der Waals surface area contributed by atoms with Gasteiger partial charge in [-0.05, 0) is 29.8 Å². The van der Waals surface area contributed by atoms with Crippen molar-refractivity contribution in [2.75, 3.05) is 12.8 Å². The lowest BCUT2D eigenvalue weighted by atomic mass is 10.1. The Morgan fingerprint density at radius 3 is 2.80 bits per heavy atom. The summed E-state index contributed by atoms with van der Waals surface area (Å²) in [5.74, 6) is -0.711. The normalized spacial score (nSPS) is 10.3. The van der Waals surface area contributed by atoms with Gasteiger partial charge in [0.1, 0.15) is 5.82 Å². The van der Waals surface area contributed by atoms with Gasteiger partial charge in [0.25, 0.3) is 0 Å². The summed E-state index contributed by atoms with van der Waals surface area (Å²) < 4.78 is 18.2. The fourth-order valence-electron chi connectivity index (χ4n) is 1.56. The van der Waals surface area contributed by atoms with Crippen molar-refractivity contribution in [2.24, 2.45) is 0 Å². The van der Waals surface area contributed by atoms with E-state index in [0.717, 1.165) is 10.6 Å². The van der Waals surface area contributed by atoms with Gasteiger partial charge in [-0.15, -0.1) is 11.8 Å². The molecule has 0 saturated heterocycles. The van der Waals surface area contributed by atoms with Gasteiger partial charge in [-0.1, -0.05) is 6.07 Å². The fraction of sp³-hybridized carbons (Fsp3) is 0.143. The van der Waals surface area contributed by atoms with Crippen molar-refractivity contribution in [2.45, 2.75) is 10.8 Å². The summed E-state index contributed by atoms with van der Waals surface area (Å²) in [5, 5.41) is 0.802. The Morgan fingerprint density at radius 1 is 1.40 bits per heavy atom. The van der Waals surface area contributed by atoms with Gasteiger partial charge in [0.05, 0.1) is 29.6 Å². The number of aromatic nitrogens is 1. The average Bonchev–Trinajstić information content (AvgIpc) is 2.46. The van der Waals surface area contributed by atoms with E-state index in [1.54, 1.807) is 24.4 Å². The Kier molecular flexibility index (Phi) is 4.57. The molecule has 0 saturated carbocycles. The highest BCUT2D eigenvalue weighted by Crippen LogP contribution is 2.22. The maximum Gasteiger partial charge on any atom is 0.340 e. The first kappa shape index (κ1) is 14.3. The van der Waals surface area contributed by atoms with E-state index >= 15 is 0 Å². The Balaban J connectivity index is 2.05. The predicted molar refractivity (Wildman–Crippen MR) is 75.9 cm³/mol. The molecule has 1 aromatic carbocycles. The van der Waals surface area contributed by atoms with Gasteiger partial charge in [0.15, 0.2) is 0 Å². The summed E-state index contributed by atoms with van der Waals surface area (Å²) in [4.78, 5) is 15.4. The second-order valence-corrected chi connectivity index (χ2v) is 5.02. The summed E-state index contributed by atoms with van der Waals surface area (Å²) in [6.45, 7) is 0. The van der Waals surface area contributed by atoms with Gasteiger partial charge >= 0.3 is 5.97 Å². The van der Waals surface area contributed by atoms with Crippen LogP contribution in [-0.2, 0) is 10.5 Å². The average molecular weight is 292 g/mol. The molecule has 0 spiro atoms. The van der Waals surface area contributed by atoms with Gasteiger partial charge in [0, 0.05) is 5.75 Å². The second-order valence-electron chi connectivity index (χ2n) is 4.02. The number of nitrogens with two attached hydrogens (primary N) is 1. The lowest BCUT2D eigenvalue weighted by molar-refractivity contribution is 0.0595. The number of halogens is 1. The number of hydrogen-bond donors (Lipinski definition) is 1. The number of rotatable bonds is 4. The number of pyridine rings is 1. The van der Waals surface area contributed by atoms with Crippen LogP contribution in [0.2, 0.25) is 0 Å². The molecular weight excluding hydrogens is 279 g/mol. The molecule has 0 aliphatic heterocycles. The predicted octanol–water partition coefficient (Wildman–Crippen LogP) is 2.88. The summed E-state index contributed by atoms with van der Waals surface area (Å²) >= 11 is 1.46. The first-order chi connectivity index (χ1) is 9.60. The SMILES string of the molecule is COC(=O)c1ccc(CSc2ccc(N)cn2)cc1F. The molecule has 1 heterocycles. The van der Waals surface area contributed by atoms with E-state index in [-0.39, 0.29) is 5.56 Å². The summed E-state index contributed by atoms with van der Waals surface area (Å²) in [6, 6.07) is 8.01. The van der Waals surface area contributed by atoms with Crippen molar-refractivity contribution in [3.63, 3.8) is 0 Å². The standard InChI is InChI=1S/C14H13FN2O2S/c1-19-14(18)11-4-2-9(6-12(11)15)8-20-13-5-3-10(16)7-17-13/h2-7H,8,16H2,1H3. The van der Waals surface area contributed by atoms with E-state index in [1.807, 2.05) is 0 Å². The molecule has 0 fully saturated rings. The number of hydrogen-bond acceptors (Lipinski definition) is 5. The van der Waals surface area contributed by atoms with E-state index in [9.17, 15) is 9.18 Å². The largest absolute Gasteiger partial charge is 0.465 e. The highest BCUT2D eigenvalue weighted by atomic mass is 32.2. The Hall–Kier alpha value is -2.08. The van der Waals surface area contributed by atoms with E-state index in [0.29, 0.717) is 11.4 Å². The van der Waals surface area contributed by atoms with E-state index in [2.05, 4.69) is 9.72 Å². The molecule has 104 valence electrons. The number of esters is 1. The van der Waals surface area contributed by atoms with Crippen LogP contribution in [0.1, 0.15) is 15.9 Å². The molecule has 0 amide bonds. The number of carbonyl (C=O) groups is 1. The van der Waals surface area contributed by atoms with Crippen LogP contribution in [0.4, 0.5) is 10.1 Å². The van der Waals surface area contributed by atoms with Crippen LogP contribution < -0.4 is 5.73 Å². The molecule has 1 aromatic heterocycles. The lowest BCUT2D eigenvalue weighted by Crippen LogP contribution is -2.04. The molecule has 4 nitrogen and oxygen atoms in total. The van der Waals surface area contributed by atoms with E-state index in [1.165, 1.54) is 31.0 Å². The second kappa shape index (κ2) is 6.38. The molecule has 2 N–H and O–H groups in total. The zero-order valence-electron chi connectivity index (χ0n) is 10.8. The molecule has 0 bridgehead atoms. The number of benzene rings is 1. The highest BCUT2D eigenvalue weighted by Gasteiger charge is 2.12. The minimum Gasteiger partial charge on any atom is -0.465 e. The molecule has 6 heteroatoms. The van der Waals surface area contributed by atoms with Crippen molar-refractivity contribution < 1.29 is 13.9 Å². The number of nitrogen functional groups attached to an aromatic ring is 1. The first-order valence-corrected chi connectivity index (χ1v) is 6.80. The number of anilines is 1. The van der Waals surface area contributed by atoms with Crippen molar-refractivity contribution in [3.8, 4) is 0 Å². The van der Waals surface area contributed by atoms with Gasteiger partial charge in [0.2, 0.25) is 0 Å². The number of ether oxygens (including phenoxy) is 1. The van der Waals surface area contributed by atoms with Crippen LogP contribution in [0, 0.1) is 5.82 Å². The molecular formula is C14H13FN2O2S. The molecule has 0 radical (unpaired) electrons. The smallest absolute Gasteiger partial charge is 0.340 e. The van der Waals surface area contributed by atoms with Crippen LogP contribution in [-0.4, -0.2) is 18.1 Å². The van der Waals surface area contributed by atoms with E-state index < -0.39 is 11.8 Å². The number of thioether (sulfide) groups is 1.